The molecule has 1 amide bonds. The molecule has 2 aliphatic rings. The average molecular weight is 445 g/mol. The van der Waals surface area contributed by atoms with Gasteiger partial charge >= 0.3 is 0 Å². The van der Waals surface area contributed by atoms with Gasteiger partial charge in [0.25, 0.3) is 0 Å². The minimum Gasteiger partial charge on any atom is -0.496 e. The average Bonchev–Trinajstić information content (AvgIpc) is 3.48. The van der Waals surface area contributed by atoms with Crippen molar-refractivity contribution < 1.29 is 18.7 Å². The number of carbonyl (C=O) groups is 1. The van der Waals surface area contributed by atoms with Crippen LogP contribution in [0.5, 0.6) is 11.5 Å². The molecule has 5 nitrogen and oxygen atoms in total. The lowest BCUT2D eigenvalue weighted by Gasteiger charge is -2.25. The van der Waals surface area contributed by atoms with Crippen LogP contribution in [0.4, 0.5) is 4.39 Å². The lowest BCUT2D eigenvalue weighted by molar-refractivity contribution is -0.125. The number of hydrogen-bond donors (Lipinski definition) is 1. The second-order valence-electron chi connectivity index (χ2n) is 8.24. The maximum absolute atomic E-state index is 13.3. The fourth-order valence-electron chi connectivity index (χ4n) is 4.20. The molecule has 1 saturated carbocycles. The molecule has 0 radical (unpaired) electrons. The third-order valence-electron chi connectivity index (χ3n) is 5.94. The highest BCUT2D eigenvalue weighted by atomic mass is 32.2. The summed E-state index contributed by atoms with van der Waals surface area (Å²) in [7, 11) is 3.32. The summed E-state index contributed by atoms with van der Waals surface area (Å²) in [5.41, 5.74) is 2.00. The second-order valence-corrected chi connectivity index (χ2v) is 9.62. The molecule has 4 rings (SSSR count). The number of ether oxygens (including phenoxy) is 2. The number of amides is 1. The number of thioether (sulfide) groups is 1. The molecule has 2 fully saturated rings. The van der Waals surface area contributed by atoms with Crippen LogP contribution in [0.2, 0.25) is 0 Å². The minimum absolute atomic E-state index is 0.105. The van der Waals surface area contributed by atoms with Crippen molar-refractivity contribution in [1.82, 2.24) is 10.2 Å². The monoisotopic (exact) mass is 444 g/mol. The number of likely N-dealkylation sites (tertiary alicyclic amines) is 1. The zero-order valence-corrected chi connectivity index (χ0v) is 19.0. The molecule has 0 aromatic heterocycles. The van der Waals surface area contributed by atoms with Gasteiger partial charge in [-0.3, -0.25) is 9.69 Å². The van der Waals surface area contributed by atoms with E-state index in [1.807, 2.05) is 19.1 Å². The Morgan fingerprint density at radius 1 is 1.16 bits per heavy atom. The van der Waals surface area contributed by atoms with Gasteiger partial charge in [-0.15, -0.1) is 11.8 Å². The number of nitrogens with one attached hydrogen (secondary N) is 1. The van der Waals surface area contributed by atoms with Crippen molar-refractivity contribution in [3.8, 4) is 11.5 Å². The van der Waals surface area contributed by atoms with Gasteiger partial charge in [-0.1, -0.05) is 6.07 Å². The van der Waals surface area contributed by atoms with Gasteiger partial charge < -0.3 is 14.8 Å². The van der Waals surface area contributed by atoms with Crippen molar-refractivity contribution in [2.24, 2.45) is 0 Å². The maximum Gasteiger partial charge on any atom is 0.237 e. The van der Waals surface area contributed by atoms with E-state index in [0.29, 0.717) is 12.6 Å². The van der Waals surface area contributed by atoms with Crippen LogP contribution in [-0.4, -0.2) is 48.9 Å². The van der Waals surface area contributed by atoms with Crippen molar-refractivity contribution >= 4 is 17.7 Å². The zero-order chi connectivity index (χ0) is 22.0. The fraction of sp³-hybridized carbons (Fsp3) is 0.458. The molecule has 0 spiro atoms. The normalized spacial score (nSPS) is 21.2. The largest absolute Gasteiger partial charge is 0.496 e. The Bertz CT molecular complexity index is 933. The summed E-state index contributed by atoms with van der Waals surface area (Å²) in [6.07, 6.45) is 2.90. The molecule has 2 aromatic rings. The molecule has 166 valence electrons. The first kappa shape index (κ1) is 22.0. The number of methoxy groups -OCH3 is 2. The quantitative estimate of drug-likeness (QED) is 0.663. The highest BCUT2D eigenvalue weighted by Gasteiger charge is 2.39. The van der Waals surface area contributed by atoms with E-state index >= 15 is 0 Å². The van der Waals surface area contributed by atoms with Crippen LogP contribution >= 0.6 is 11.8 Å². The summed E-state index contributed by atoms with van der Waals surface area (Å²) in [4.78, 5) is 16.3. The molecule has 1 aliphatic heterocycles. The van der Waals surface area contributed by atoms with Gasteiger partial charge in [0.15, 0.2) is 0 Å². The molecule has 7 heteroatoms. The molecular formula is C24H29FN2O3S. The van der Waals surface area contributed by atoms with Crippen molar-refractivity contribution in [2.75, 3.05) is 20.8 Å². The predicted molar refractivity (Wildman–Crippen MR) is 120 cm³/mol. The highest BCUT2D eigenvalue weighted by molar-refractivity contribution is 8.00. The fourth-order valence-corrected chi connectivity index (χ4v) is 5.43. The Kier molecular flexibility index (Phi) is 6.72. The lowest BCUT2D eigenvalue weighted by atomic mass is 10.1. The Morgan fingerprint density at radius 3 is 2.55 bits per heavy atom. The molecule has 2 atom stereocenters. The number of nitrogens with zero attached hydrogens (tertiary/aromatic N) is 1. The Labute approximate surface area is 187 Å². The van der Waals surface area contributed by atoms with E-state index in [4.69, 9.17) is 9.47 Å². The molecule has 31 heavy (non-hydrogen) atoms. The van der Waals surface area contributed by atoms with Gasteiger partial charge in [-0.25, -0.2) is 4.39 Å². The van der Waals surface area contributed by atoms with Gasteiger partial charge in [0.05, 0.1) is 20.3 Å². The van der Waals surface area contributed by atoms with E-state index in [1.54, 1.807) is 38.1 Å². The van der Waals surface area contributed by atoms with Crippen molar-refractivity contribution in [2.45, 2.75) is 55.0 Å². The summed E-state index contributed by atoms with van der Waals surface area (Å²) < 4.78 is 24.4. The molecule has 1 aliphatic carbocycles. The van der Waals surface area contributed by atoms with Crippen LogP contribution in [0.15, 0.2) is 41.3 Å². The summed E-state index contributed by atoms with van der Waals surface area (Å²) in [6.45, 7) is 3.38. The maximum atomic E-state index is 13.3. The van der Waals surface area contributed by atoms with Crippen molar-refractivity contribution in [3.05, 3.63) is 53.3 Å². The molecular weight excluding hydrogens is 415 g/mol. The first-order valence-electron chi connectivity index (χ1n) is 10.7. The number of carbonyl (C=O) groups excluding carboxylic acids is 1. The smallest absolute Gasteiger partial charge is 0.237 e. The first-order chi connectivity index (χ1) is 15.0. The highest BCUT2D eigenvalue weighted by Crippen LogP contribution is 2.37. The Balaban J connectivity index is 1.53. The van der Waals surface area contributed by atoms with E-state index in [9.17, 15) is 9.18 Å². The van der Waals surface area contributed by atoms with E-state index < -0.39 is 0 Å². The first-order valence-corrected chi connectivity index (χ1v) is 11.5. The molecule has 2 aromatic carbocycles. The van der Waals surface area contributed by atoms with Crippen molar-refractivity contribution in [3.63, 3.8) is 0 Å². The van der Waals surface area contributed by atoms with Crippen LogP contribution < -0.4 is 14.8 Å². The number of halogens is 1. The molecule has 0 bridgehead atoms. The van der Waals surface area contributed by atoms with Gasteiger partial charge in [0.1, 0.15) is 17.3 Å². The van der Waals surface area contributed by atoms with Crippen molar-refractivity contribution in [1.29, 1.82) is 0 Å². The molecule has 1 N–H and O–H groups in total. The molecule has 1 saturated heterocycles. The Morgan fingerprint density at radius 2 is 1.90 bits per heavy atom. The van der Waals surface area contributed by atoms with Crippen LogP contribution in [-0.2, 0) is 11.3 Å². The molecule has 0 unspecified atom stereocenters. The lowest BCUT2D eigenvalue weighted by Crippen LogP contribution is -2.43. The van der Waals surface area contributed by atoms with E-state index in [-0.39, 0.29) is 23.0 Å². The summed E-state index contributed by atoms with van der Waals surface area (Å²) >= 11 is 1.71. The SMILES string of the molecule is COc1ccc(CN2C[C@H](Sc3ccc(F)cc3)C[C@H]2C(=O)NC2CC2)c(OC)c1C. The minimum atomic E-state index is -0.235. The van der Waals surface area contributed by atoms with Crippen LogP contribution in [0.25, 0.3) is 0 Å². The van der Waals surface area contributed by atoms with Crippen LogP contribution in [0.1, 0.15) is 30.4 Å². The number of rotatable bonds is 8. The van der Waals surface area contributed by atoms with E-state index in [2.05, 4.69) is 10.2 Å². The van der Waals surface area contributed by atoms with Crippen LogP contribution in [0.3, 0.4) is 0 Å². The number of hydrogen-bond acceptors (Lipinski definition) is 5. The summed E-state index contributed by atoms with van der Waals surface area (Å²) in [6, 6.07) is 10.7. The van der Waals surface area contributed by atoms with Gasteiger partial charge in [0, 0.05) is 40.4 Å². The van der Waals surface area contributed by atoms with Gasteiger partial charge in [-0.2, -0.15) is 0 Å². The zero-order valence-electron chi connectivity index (χ0n) is 18.2. The van der Waals surface area contributed by atoms with Gasteiger partial charge in [0.2, 0.25) is 5.91 Å². The third-order valence-corrected chi connectivity index (χ3v) is 7.16. The third kappa shape index (κ3) is 5.15. The van der Waals surface area contributed by atoms with E-state index in [0.717, 1.165) is 53.3 Å². The van der Waals surface area contributed by atoms with Crippen LogP contribution in [0, 0.1) is 12.7 Å². The molecule has 1 heterocycles. The number of benzene rings is 2. The van der Waals surface area contributed by atoms with E-state index in [1.165, 1.54) is 12.1 Å². The summed E-state index contributed by atoms with van der Waals surface area (Å²) in [5.74, 6) is 1.46. The topological polar surface area (TPSA) is 50.8 Å². The second kappa shape index (κ2) is 9.49. The summed E-state index contributed by atoms with van der Waals surface area (Å²) in [5, 5.41) is 3.43. The van der Waals surface area contributed by atoms with Gasteiger partial charge in [-0.05, 0) is 56.5 Å². The Hall–Kier alpha value is -2.25. The predicted octanol–water partition coefficient (Wildman–Crippen LogP) is 4.17. The standard InChI is InChI=1S/C24H29FN2O3S/c1-15-22(29-2)11-4-16(23(15)30-3)13-27-14-20(31-19-9-5-17(25)6-10-19)12-21(27)24(28)26-18-7-8-18/h4-6,9-11,18,20-21H,7-8,12-14H2,1-3H3,(H,26,28)/t20-,21+/m1/s1.